The molecule has 1 aliphatic rings. The van der Waals surface area contributed by atoms with Crippen LogP contribution in [0.3, 0.4) is 0 Å². The highest BCUT2D eigenvalue weighted by Crippen LogP contribution is 1.96. The van der Waals surface area contributed by atoms with Crippen LogP contribution in [0.25, 0.3) is 0 Å². The molecular formula is C11H21F2N3O2. The Morgan fingerprint density at radius 2 is 2.11 bits per heavy atom. The highest BCUT2D eigenvalue weighted by atomic mass is 19.3. The van der Waals surface area contributed by atoms with Gasteiger partial charge >= 0.3 is 0 Å². The van der Waals surface area contributed by atoms with Gasteiger partial charge in [0.1, 0.15) is 6.61 Å². The number of nitrogens with zero attached hydrogens (tertiary/aromatic N) is 2. The van der Waals surface area contributed by atoms with E-state index in [0.29, 0.717) is 13.1 Å². The molecule has 0 bridgehead atoms. The second-order valence-electron chi connectivity index (χ2n) is 4.33. The lowest BCUT2D eigenvalue weighted by Crippen LogP contribution is -2.49. The zero-order chi connectivity index (χ0) is 13.4. The molecule has 0 radical (unpaired) electrons. The van der Waals surface area contributed by atoms with E-state index in [1.165, 1.54) is 0 Å². The van der Waals surface area contributed by atoms with E-state index in [4.69, 9.17) is 4.74 Å². The van der Waals surface area contributed by atoms with Crippen LogP contribution >= 0.6 is 0 Å². The number of hydrogen-bond donors (Lipinski definition) is 1. The van der Waals surface area contributed by atoms with E-state index < -0.39 is 13.0 Å². The summed E-state index contributed by atoms with van der Waals surface area (Å²) in [6.07, 6.45) is -2.43. The van der Waals surface area contributed by atoms with Crippen LogP contribution in [-0.4, -0.2) is 81.7 Å². The molecule has 0 aromatic heterocycles. The molecule has 1 fully saturated rings. The predicted molar refractivity (Wildman–Crippen MR) is 63.8 cm³/mol. The number of halogens is 2. The van der Waals surface area contributed by atoms with E-state index in [-0.39, 0.29) is 12.5 Å². The lowest BCUT2D eigenvalue weighted by molar-refractivity contribution is -0.132. The number of amides is 1. The topological polar surface area (TPSA) is 44.8 Å². The van der Waals surface area contributed by atoms with E-state index in [1.54, 1.807) is 11.9 Å². The van der Waals surface area contributed by atoms with Gasteiger partial charge in [-0.25, -0.2) is 8.78 Å². The largest absolute Gasteiger partial charge is 0.374 e. The molecule has 1 N–H and O–H groups in total. The number of ether oxygens (including phenoxy) is 1. The molecule has 0 saturated carbocycles. The Balaban J connectivity index is 2.10. The maximum absolute atomic E-state index is 11.8. The predicted octanol–water partition coefficient (Wildman–Crippen LogP) is -0.368. The van der Waals surface area contributed by atoms with Crippen LogP contribution < -0.4 is 5.32 Å². The SMILES string of the molecule is CN(CCOCC(F)F)CC(=O)N1CCNCC1. The molecule has 7 heteroatoms. The molecule has 0 unspecified atom stereocenters. The Hall–Kier alpha value is -0.790. The van der Waals surface area contributed by atoms with Crippen LogP contribution in [0.5, 0.6) is 0 Å². The fraction of sp³-hybridized carbons (Fsp3) is 0.909. The van der Waals surface area contributed by atoms with E-state index in [0.717, 1.165) is 26.2 Å². The third-order valence-electron chi connectivity index (χ3n) is 2.74. The number of piperazine rings is 1. The average Bonchev–Trinajstić information content (AvgIpc) is 2.35. The summed E-state index contributed by atoms with van der Waals surface area (Å²) in [7, 11) is 1.78. The third-order valence-corrected chi connectivity index (χ3v) is 2.74. The summed E-state index contributed by atoms with van der Waals surface area (Å²) in [5.74, 6) is 0.0767. The minimum Gasteiger partial charge on any atom is -0.374 e. The van der Waals surface area contributed by atoms with Crippen LogP contribution in [0.4, 0.5) is 8.78 Å². The van der Waals surface area contributed by atoms with Gasteiger partial charge in [-0.05, 0) is 7.05 Å². The standard InChI is InChI=1S/C11H21F2N3O2/c1-15(6-7-18-9-10(12)13)8-11(17)16-4-2-14-3-5-16/h10,14H,2-9H2,1H3. The van der Waals surface area contributed by atoms with Crippen molar-refractivity contribution in [2.45, 2.75) is 6.43 Å². The maximum Gasteiger partial charge on any atom is 0.261 e. The normalized spacial score (nSPS) is 16.6. The molecule has 0 aliphatic carbocycles. The first-order valence-corrected chi connectivity index (χ1v) is 6.12. The zero-order valence-corrected chi connectivity index (χ0v) is 10.7. The van der Waals surface area contributed by atoms with Gasteiger partial charge in [-0.1, -0.05) is 0 Å². The van der Waals surface area contributed by atoms with Crippen molar-refractivity contribution in [1.82, 2.24) is 15.1 Å². The number of likely N-dealkylation sites (N-methyl/N-ethyl adjacent to an activating group) is 1. The van der Waals surface area contributed by atoms with Gasteiger partial charge in [-0.2, -0.15) is 0 Å². The summed E-state index contributed by atoms with van der Waals surface area (Å²) in [4.78, 5) is 15.4. The summed E-state index contributed by atoms with van der Waals surface area (Å²) in [6, 6.07) is 0. The number of carbonyl (C=O) groups excluding carboxylic acids is 1. The second kappa shape index (κ2) is 8.34. The molecule has 1 rings (SSSR count). The Bertz CT molecular complexity index is 248. The van der Waals surface area contributed by atoms with Crippen molar-refractivity contribution in [3.63, 3.8) is 0 Å². The smallest absolute Gasteiger partial charge is 0.261 e. The molecule has 1 saturated heterocycles. The van der Waals surface area contributed by atoms with Gasteiger partial charge in [0.15, 0.2) is 0 Å². The van der Waals surface area contributed by atoms with E-state index in [1.807, 2.05) is 4.90 Å². The van der Waals surface area contributed by atoms with Crippen LogP contribution in [0.1, 0.15) is 0 Å². The van der Waals surface area contributed by atoms with Gasteiger partial charge in [0.2, 0.25) is 5.91 Å². The van der Waals surface area contributed by atoms with Crippen molar-refractivity contribution < 1.29 is 18.3 Å². The average molecular weight is 265 g/mol. The Morgan fingerprint density at radius 1 is 1.44 bits per heavy atom. The lowest BCUT2D eigenvalue weighted by atomic mass is 10.3. The molecular weight excluding hydrogens is 244 g/mol. The van der Waals surface area contributed by atoms with Crippen molar-refractivity contribution in [1.29, 1.82) is 0 Å². The van der Waals surface area contributed by atoms with E-state index in [9.17, 15) is 13.6 Å². The van der Waals surface area contributed by atoms with Crippen molar-refractivity contribution in [3.8, 4) is 0 Å². The van der Waals surface area contributed by atoms with Crippen molar-refractivity contribution >= 4 is 5.91 Å². The second-order valence-corrected chi connectivity index (χ2v) is 4.33. The molecule has 1 heterocycles. The minimum absolute atomic E-state index is 0.0767. The number of hydrogen-bond acceptors (Lipinski definition) is 4. The van der Waals surface area contributed by atoms with Crippen LogP contribution in [0.2, 0.25) is 0 Å². The Morgan fingerprint density at radius 3 is 2.72 bits per heavy atom. The Labute approximate surface area is 106 Å². The van der Waals surface area contributed by atoms with Gasteiger partial charge in [-0.3, -0.25) is 9.69 Å². The summed E-state index contributed by atoms with van der Waals surface area (Å²) < 4.78 is 28.4. The van der Waals surface area contributed by atoms with Gasteiger partial charge < -0.3 is 15.0 Å². The lowest BCUT2D eigenvalue weighted by Gasteiger charge is -2.29. The van der Waals surface area contributed by atoms with Crippen molar-refractivity contribution in [2.24, 2.45) is 0 Å². The maximum atomic E-state index is 11.8. The minimum atomic E-state index is -2.43. The first-order valence-electron chi connectivity index (χ1n) is 6.12. The summed E-state index contributed by atoms with van der Waals surface area (Å²) in [6.45, 7) is 3.57. The highest BCUT2D eigenvalue weighted by molar-refractivity contribution is 5.78. The number of nitrogens with one attached hydrogen (secondary N) is 1. The molecule has 18 heavy (non-hydrogen) atoms. The Kier molecular flexibility index (Phi) is 7.07. The van der Waals surface area contributed by atoms with E-state index in [2.05, 4.69) is 5.32 Å². The summed E-state index contributed by atoms with van der Waals surface area (Å²) in [5, 5.41) is 3.18. The molecule has 1 amide bonds. The number of rotatable bonds is 7. The molecule has 1 aliphatic heterocycles. The van der Waals surface area contributed by atoms with Crippen LogP contribution in [0, 0.1) is 0 Å². The number of carbonyl (C=O) groups is 1. The molecule has 5 nitrogen and oxygen atoms in total. The van der Waals surface area contributed by atoms with Crippen LogP contribution in [0.15, 0.2) is 0 Å². The van der Waals surface area contributed by atoms with Crippen molar-refractivity contribution in [3.05, 3.63) is 0 Å². The fourth-order valence-electron chi connectivity index (χ4n) is 1.72. The van der Waals surface area contributed by atoms with Gasteiger partial charge in [-0.15, -0.1) is 0 Å². The summed E-state index contributed by atoms with van der Waals surface area (Å²) in [5.41, 5.74) is 0. The molecule has 0 aromatic carbocycles. The quantitative estimate of drug-likeness (QED) is 0.638. The fourth-order valence-corrected chi connectivity index (χ4v) is 1.72. The van der Waals surface area contributed by atoms with E-state index >= 15 is 0 Å². The van der Waals surface area contributed by atoms with Crippen molar-refractivity contribution in [2.75, 3.05) is 59.5 Å². The van der Waals surface area contributed by atoms with Gasteiger partial charge in [0.25, 0.3) is 6.43 Å². The van der Waals surface area contributed by atoms with Gasteiger partial charge in [0, 0.05) is 32.7 Å². The molecule has 0 spiro atoms. The third kappa shape index (κ3) is 6.23. The first-order chi connectivity index (χ1) is 8.59. The monoisotopic (exact) mass is 265 g/mol. The zero-order valence-electron chi connectivity index (χ0n) is 10.7. The molecule has 0 atom stereocenters. The number of alkyl halides is 2. The van der Waals surface area contributed by atoms with Crippen LogP contribution in [-0.2, 0) is 9.53 Å². The highest BCUT2D eigenvalue weighted by Gasteiger charge is 2.17. The molecule has 0 aromatic rings. The van der Waals surface area contributed by atoms with Gasteiger partial charge in [0.05, 0.1) is 13.2 Å². The first kappa shape index (κ1) is 15.3. The molecule has 106 valence electrons. The summed E-state index contributed by atoms with van der Waals surface area (Å²) >= 11 is 0.